The molecule has 134 valence electrons. The van der Waals surface area contributed by atoms with Crippen LogP contribution >= 0.6 is 0 Å². The molecule has 7 nitrogen and oxygen atoms in total. The lowest BCUT2D eigenvalue weighted by Crippen LogP contribution is -2.17. The second kappa shape index (κ2) is 8.62. The number of aromatic nitrogens is 3. The summed E-state index contributed by atoms with van der Waals surface area (Å²) >= 11 is 0. The number of nitrogens with zero attached hydrogens (tertiary/aromatic N) is 5. The fraction of sp³-hybridized carbons (Fsp3) is 0.500. The largest absolute Gasteiger partial charge is 0.372 e. The van der Waals surface area contributed by atoms with E-state index in [9.17, 15) is 0 Å². The zero-order valence-corrected chi connectivity index (χ0v) is 15.1. The van der Waals surface area contributed by atoms with E-state index in [0.717, 1.165) is 38.3 Å². The first kappa shape index (κ1) is 17.4. The highest BCUT2D eigenvalue weighted by Crippen LogP contribution is 2.23. The van der Waals surface area contributed by atoms with E-state index in [0.29, 0.717) is 11.8 Å². The van der Waals surface area contributed by atoms with Crippen LogP contribution < -0.4 is 15.5 Å². The van der Waals surface area contributed by atoms with Crippen molar-refractivity contribution in [1.29, 1.82) is 0 Å². The van der Waals surface area contributed by atoms with E-state index >= 15 is 0 Å². The Hall–Kier alpha value is -2.41. The maximum atomic E-state index is 4.46. The molecule has 25 heavy (non-hydrogen) atoms. The van der Waals surface area contributed by atoms with Crippen LogP contribution in [-0.2, 0) is 0 Å². The van der Waals surface area contributed by atoms with Gasteiger partial charge in [0.15, 0.2) is 5.82 Å². The van der Waals surface area contributed by atoms with Crippen LogP contribution in [0.5, 0.6) is 0 Å². The van der Waals surface area contributed by atoms with Crippen molar-refractivity contribution < 1.29 is 0 Å². The Morgan fingerprint density at radius 2 is 1.88 bits per heavy atom. The molecule has 0 bridgehead atoms. The molecule has 1 fully saturated rings. The summed E-state index contributed by atoms with van der Waals surface area (Å²) in [4.78, 5) is 9.04. The van der Waals surface area contributed by atoms with Crippen molar-refractivity contribution >= 4 is 23.1 Å². The van der Waals surface area contributed by atoms with E-state index in [-0.39, 0.29) is 0 Å². The Bertz CT molecular complexity index is 651. The van der Waals surface area contributed by atoms with Gasteiger partial charge in [-0.25, -0.2) is 0 Å². The molecule has 0 atom stereocenters. The molecule has 2 N–H and O–H groups in total. The van der Waals surface area contributed by atoms with Gasteiger partial charge in [-0.05, 0) is 64.2 Å². The molecule has 2 aromatic rings. The lowest BCUT2D eigenvalue weighted by Gasteiger charge is -2.17. The maximum Gasteiger partial charge on any atom is 0.244 e. The Balaban J connectivity index is 1.54. The summed E-state index contributed by atoms with van der Waals surface area (Å²) in [6.07, 6.45) is 5.25. The van der Waals surface area contributed by atoms with Crippen LogP contribution in [0.1, 0.15) is 19.3 Å². The SMILES string of the molecule is CN(C)CCCNc1nncc(Nc2ccc(N3CCCC3)cc2)n1. The summed E-state index contributed by atoms with van der Waals surface area (Å²) < 4.78 is 0. The van der Waals surface area contributed by atoms with E-state index in [1.54, 1.807) is 6.20 Å². The predicted octanol–water partition coefficient (Wildman–Crippen LogP) is 2.58. The Morgan fingerprint density at radius 3 is 2.60 bits per heavy atom. The highest BCUT2D eigenvalue weighted by molar-refractivity contribution is 5.61. The van der Waals surface area contributed by atoms with Gasteiger partial charge in [-0.2, -0.15) is 10.1 Å². The summed E-state index contributed by atoms with van der Waals surface area (Å²) in [6.45, 7) is 4.17. The number of anilines is 4. The Labute approximate surface area is 149 Å². The zero-order valence-electron chi connectivity index (χ0n) is 15.1. The van der Waals surface area contributed by atoms with Crippen molar-refractivity contribution in [3.63, 3.8) is 0 Å². The molecule has 0 amide bonds. The van der Waals surface area contributed by atoms with Gasteiger partial charge in [-0.1, -0.05) is 0 Å². The fourth-order valence-electron chi connectivity index (χ4n) is 2.91. The Kier molecular flexibility index (Phi) is 6.00. The van der Waals surface area contributed by atoms with Gasteiger partial charge in [-0.15, -0.1) is 5.10 Å². The molecule has 2 heterocycles. The molecule has 7 heteroatoms. The molecule has 1 aromatic carbocycles. The van der Waals surface area contributed by atoms with Gasteiger partial charge in [0.05, 0.1) is 6.20 Å². The van der Waals surface area contributed by atoms with Crippen LogP contribution in [0.4, 0.5) is 23.1 Å². The molecule has 0 radical (unpaired) electrons. The average molecular weight is 341 g/mol. The topological polar surface area (TPSA) is 69.2 Å². The van der Waals surface area contributed by atoms with Crippen molar-refractivity contribution in [3.05, 3.63) is 30.5 Å². The van der Waals surface area contributed by atoms with Crippen LogP contribution in [0, 0.1) is 0 Å². The molecule has 1 aliphatic rings. The smallest absolute Gasteiger partial charge is 0.244 e. The number of hydrogen-bond acceptors (Lipinski definition) is 7. The van der Waals surface area contributed by atoms with Crippen molar-refractivity contribution in [1.82, 2.24) is 20.1 Å². The number of benzene rings is 1. The first-order valence-electron chi connectivity index (χ1n) is 8.91. The van der Waals surface area contributed by atoms with Crippen molar-refractivity contribution in [2.45, 2.75) is 19.3 Å². The highest BCUT2D eigenvalue weighted by atomic mass is 15.3. The van der Waals surface area contributed by atoms with E-state index in [4.69, 9.17) is 0 Å². The van der Waals surface area contributed by atoms with E-state index in [2.05, 4.69) is 74.0 Å². The van der Waals surface area contributed by atoms with Crippen molar-refractivity contribution in [2.75, 3.05) is 55.8 Å². The predicted molar refractivity (Wildman–Crippen MR) is 103 cm³/mol. The number of nitrogens with one attached hydrogen (secondary N) is 2. The van der Waals surface area contributed by atoms with Gasteiger partial charge < -0.3 is 20.4 Å². The third-order valence-corrected chi connectivity index (χ3v) is 4.23. The number of hydrogen-bond donors (Lipinski definition) is 2. The molecule has 3 rings (SSSR count). The third-order valence-electron chi connectivity index (χ3n) is 4.23. The van der Waals surface area contributed by atoms with Crippen molar-refractivity contribution in [3.8, 4) is 0 Å². The van der Waals surface area contributed by atoms with E-state index in [1.165, 1.54) is 18.5 Å². The molecule has 0 unspecified atom stereocenters. The third kappa shape index (κ3) is 5.29. The van der Waals surface area contributed by atoms with E-state index < -0.39 is 0 Å². The van der Waals surface area contributed by atoms with Gasteiger partial charge >= 0.3 is 0 Å². The normalized spacial score (nSPS) is 14.1. The van der Waals surface area contributed by atoms with Gasteiger partial charge in [0.1, 0.15) is 0 Å². The van der Waals surface area contributed by atoms with Gasteiger partial charge in [0, 0.05) is 31.0 Å². The minimum Gasteiger partial charge on any atom is -0.372 e. The van der Waals surface area contributed by atoms with Crippen LogP contribution in [-0.4, -0.2) is 60.4 Å². The molecule has 1 aromatic heterocycles. The molecule has 1 aliphatic heterocycles. The minimum atomic E-state index is 0.553. The quantitative estimate of drug-likeness (QED) is 0.715. The molecule has 0 aliphatic carbocycles. The van der Waals surface area contributed by atoms with Crippen LogP contribution in [0.15, 0.2) is 30.5 Å². The first-order valence-corrected chi connectivity index (χ1v) is 8.91. The monoisotopic (exact) mass is 341 g/mol. The second-order valence-corrected chi connectivity index (χ2v) is 6.61. The second-order valence-electron chi connectivity index (χ2n) is 6.61. The first-order chi connectivity index (χ1) is 12.2. The van der Waals surface area contributed by atoms with Gasteiger partial charge in [0.25, 0.3) is 0 Å². The standard InChI is InChI=1S/C18H27N7/c1-24(2)11-5-10-19-18-22-17(14-20-23-18)21-15-6-8-16(9-7-15)25-12-3-4-13-25/h6-9,14H,3-5,10-13H2,1-2H3,(H2,19,21,22,23). The summed E-state index contributed by atoms with van der Waals surface area (Å²) in [5.74, 6) is 1.25. The van der Waals surface area contributed by atoms with E-state index in [1.807, 2.05) is 0 Å². The minimum absolute atomic E-state index is 0.553. The summed E-state index contributed by atoms with van der Waals surface area (Å²) in [5, 5.41) is 14.6. The fourth-order valence-corrected chi connectivity index (χ4v) is 2.91. The molecule has 0 spiro atoms. The zero-order chi connectivity index (χ0) is 17.5. The molecule has 0 saturated carbocycles. The molecule has 1 saturated heterocycles. The maximum absolute atomic E-state index is 4.46. The lowest BCUT2D eigenvalue weighted by atomic mass is 10.2. The van der Waals surface area contributed by atoms with Crippen LogP contribution in [0.3, 0.4) is 0 Å². The lowest BCUT2D eigenvalue weighted by molar-refractivity contribution is 0.405. The average Bonchev–Trinajstić information content (AvgIpc) is 3.14. The Morgan fingerprint density at radius 1 is 1.12 bits per heavy atom. The van der Waals surface area contributed by atoms with Crippen LogP contribution in [0.25, 0.3) is 0 Å². The number of rotatable bonds is 8. The highest BCUT2D eigenvalue weighted by Gasteiger charge is 2.11. The van der Waals surface area contributed by atoms with Gasteiger partial charge in [0.2, 0.25) is 5.95 Å². The van der Waals surface area contributed by atoms with Gasteiger partial charge in [-0.3, -0.25) is 0 Å². The summed E-state index contributed by atoms with van der Waals surface area (Å²) in [5.41, 5.74) is 2.29. The summed E-state index contributed by atoms with van der Waals surface area (Å²) in [6, 6.07) is 8.48. The van der Waals surface area contributed by atoms with Crippen LogP contribution in [0.2, 0.25) is 0 Å². The summed E-state index contributed by atoms with van der Waals surface area (Å²) in [7, 11) is 4.13. The molecular weight excluding hydrogens is 314 g/mol. The molecular formula is C18H27N7. The van der Waals surface area contributed by atoms with Crippen molar-refractivity contribution in [2.24, 2.45) is 0 Å².